The van der Waals surface area contributed by atoms with Gasteiger partial charge in [-0.1, -0.05) is 6.92 Å². The van der Waals surface area contributed by atoms with Crippen LogP contribution in [0.2, 0.25) is 0 Å². The predicted molar refractivity (Wildman–Crippen MR) is 77.9 cm³/mol. The summed E-state index contributed by atoms with van der Waals surface area (Å²) in [4.78, 5) is 24.7. The molecular formula is C14H19NO5S. The molecule has 1 N–H and O–H groups in total. The van der Waals surface area contributed by atoms with Crippen molar-refractivity contribution in [1.82, 2.24) is 4.90 Å². The fraction of sp³-hybridized carbons (Fsp3) is 0.429. The van der Waals surface area contributed by atoms with E-state index in [0.717, 1.165) is 6.26 Å². The van der Waals surface area contributed by atoms with Crippen molar-refractivity contribution in [1.29, 1.82) is 0 Å². The van der Waals surface area contributed by atoms with Gasteiger partial charge in [-0.05, 0) is 31.2 Å². The number of rotatable bonds is 6. The summed E-state index contributed by atoms with van der Waals surface area (Å²) in [7, 11) is -3.30. The monoisotopic (exact) mass is 313 g/mol. The molecule has 0 aliphatic carbocycles. The summed E-state index contributed by atoms with van der Waals surface area (Å²) in [6, 6.07) is 5.62. The van der Waals surface area contributed by atoms with Crippen molar-refractivity contribution in [2.24, 2.45) is 5.92 Å². The van der Waals surface area contributed by atoms with Gasteiger partial charge in [-0.25, -0.2) is 8.42 Å². The van der Waals surface area contributed by atoms with Crippen LogP contribution < -0.4 is 0 Å². The standard InChI is InChI=1S/C14H19NO5S/c1-4-15(9-10(2)14(17)18)13(16)11-5-7-12(8-6-11)21(3,19)20/h5-8,10H,4,9H2,1-3H3,(H,17,18). The van der Waals surface area contributed by atoms with Crippen LogP contribution in [0, 0.1) is 5.92 Å². The highest BCUT2D eigenvalue weighted by atomic mass is 32.2. The van der Waals surface area contributed by atoms with Crippen LogP contribution in [0.1, 0.15) is 24.2 Å². The molecule has 0 aliphatic rings. The molecule has 1 unspecified atom stereocenters. The Hall–Kier alpha value is -1.89. The third kappa shape index (κ3) is 4.56. The van der Waals surface area contributed by atoms with Gasteiger partial charge >= 0.3 is 5.97 Å². The highest BCUT2D eigenvalue weighted by molar-refractivity contribution is 7.90. The van der Waals surface area contributed by atoms with Crippen LogP contribution in [0.4, 0.5) is 0 Å². The van der Waals surface area contributed by atoms with Crippen molar-refractivity contribution in [2.45, 2.75) is 18.7 Å². The molecule has 0 spiro atoms. The summed E-state index contributed by atoms with van der Waals surface area (Å²) in [5, 5.41) is 8.90. The third-order valence-electron chi connectivity index (χ3n) is 3.11. The van der Waals surface area contributed by atoms with E-state index < -0.39 is 21.7 Å². The Bertz CT molecular complexity index is 621. The lowest BCUT2D eigenvalue weighted by Gasteiger charge is -2.23. The van der Waals surface area contributed by atoms with Crippen LogP contribution in [-0.2, 0) is 14.6 Å². The molecule has 21 heavy (non-hydrogen) atoms. The molecule has 1 rings (SSSR count). The molecule has 116 valence electrons. The average Bonchev–Trinajstić information content (AvgIpc) is 2.42. The Morgan fingerprint density at radius 2 is 1.76 bits per heavy atom. The zero-order valence-corrected chi connectivity index (χ0v) is 13.1. The normalized spacial score (nSPS) is 12.7. The number of hydrogen-bond acceptors (Lipinski definition) is 4. The summed E-state index contributed by atoms with van der Waals surface area (Å²) < 4.78 is 22.7. The fourth-order valence-corrected chi connectivity index (χ4v) is 2.42. The molecule has 6 nitrogen and oxygen atoms in total. The SMILES string of the molecule is CCN(CC(C)C(=O)O)C(=O)c1ccc(S(C)(=O)=O)cc1. The van der Waals surface area contributed by atoms with Gasteiger partial charge in [0, 0.05) is 24.9 Å². The van der Waals surface area contributed by atoms with Gasteiger partial charge in [0.15, 0.2) is 9.84 Å². The van der Waals surface area contributed by atoms with Crippen LogP contribution in [0.15, 0.2) is 29.2 Å². The quantitative estimate of drug-likeness (QED) is 0.854. The van der Waals surface area contributed by atoms with Gasteiger partial charge in [0.1, 0.15) is 0 Å². The Balaban J connectivity index is 2.93. The van der Waals surface area contributed by atoms with Crippen molar-refractivity contribution in [3.05, 3.63) is 29.8 Å². The van der Waals surface area contributed by atoms with Gasteiger partial charge in [-0.3, -0.25) is 9.59 Å². The van der Waals surface area contributed by atoms with Crippen LogP contribution >= 0.6 is 0 Å². The highest BCUT2D eigenvalue weighted by Crippen LogP contribution is 2.13. The van der Waals surface area contributed by atoms with E-state index in [-0.39, 0.29) is 17.3 Å². The van der Waals surface area contributed by atoms with E-state index in [9.17, 15) is 18.0 Å². The largest absolute Gasteiger partial charge is 0.481 e. The summed E-state index contributed by atoms with van der Waals surface area (Å²) >= 11 is 0. The maximum atomic E-state index is 12.3. The van der Waals surface area contributed by atoms with Gasteiger partial charge in [-0.15, -0.1) is 0 Å². The lowest BCUT2D eigenvalue weighted by atomic mass is 10.1. The molecule has 0 aliphatic heterocycles. The number of benzene rings is 1. The molecule has 0 heterocycles. The molecule has 0 fully saturated rings. The molecule has 0 saturated heterocycles. The van der Waals surface area contributed by atoms with Crippen molar-refractivity contribution in [3.8, 4) is 0 Å². The van der Waals surface area contributed by atoms with Crippen molar-refractivity contribution in [2.75, 3.05) is 19.3 Å². The molecule has 7 heteroatoms. The second-order valence-corrected chi connectivity index (χ2v) is 6.90. The van der Waals surface area contributed by atoms with Gasteiger partial charge in [0.05, 0.1) is 10.8 Å². The molecule has 0 aromatic heterocycles. The maximum absolute atomic E-state index is 12.3. The predicted octanol–water partition coefficient (Wildman–Crippen LogP) is 1.27. The second kappa shape index (κ2) is 6.71. The first-order valence-electron chi connectivity index (χ1n) is 6.49. The molecule has 0 bridgehead atoms. The van der Waals surface area contributed by atoms with Crippen molar-refractivity contribution < 1.29 is 23.1 Å². The van der Waals surface area contributed by atoms with E-state index >= 15 is 0 Å². The van der Waals surface area contributed by atoms with E-state index in [1.54, 1.807) is 6.92 Å². The topological polar surface area (TPSA) is 91.8 Å². The number of carbonyl (C=O) groups excluding carboxylic acids is 1. The summed E-state index contributed by atoms with van der Waals surface area (Å²) in [6.45, 7) is 3.78. The van der Waals surface area contributed by atoms with Crippen molar-refractivity contribution >= 4 is 21.7 Å². The van der Waals surface area contributed by atoms with Crippen LogP contribution in [-0.4, -0.2) is 49.6 Å². The summed E-state index contributed by atoms with van der Waals surface area (Å²) in [5.41, 5.74) is 0.335. The molecule has 1 amide bonds. The number of hydrogen-bond donors (Lipinski definition) is 1. The molecule has 1 atom stereocenters. The lowest BCUT2D eigenvalue weighted by Crippen LogP contribution is -2.36. The molecule has 1 aromatic rings. The number of amides is 1. The van der Waals surface area contributed by atoms with Gasteiger partial charge < -0.3 is 10.0 Å². The number of nitrogens with zero attached hydrogens (tertiary/aromatic N) is 1. The lowest BCUT2D eigenvalue weighted by molar-refractivity contribution is -0.141. The zero-order chi connectivity index (χ0) is 16.2. The number of carboxylic acid groups (broad SMARTS) is 1. The minimum atomic E-state index is -3.30. The molecular weight excluding hydrogens is 294 g/mol. The molecule has 0 radical (unpaired) electrons. The van der Waals surface area contributed by atoms with E-state index in [2.05, 4.69) is 0 Å². The number of sulfone groups is 1. The molecule has 1 aromatic carbocycles. The first kappa shape index (κ1) is 17.2. The van der Waals surface area contributed by atoms with E-state index in [1.807, 2.05) is 0 Å². The van der Waals surface area contributed by atoms with E-state index in [0.29, 0.717) is 12.1 Å². The number of aliphatic carboxylic acids is 1. The Morgan fingerprint density at radius 1 is 1.24 bits per heavy atom. The average molecular weight is 313 g/mol. The van der Waals surface area contributed by atoms with Crippen molar-refractivity contribution in [3.63, 3.8) is 0 Å². The minimum absolute atomic E-state index is 0.110. The zero-order valence-electron chi connectivity index (χ0n) is 12.2. The fourth-order valence-electron chi connectivity index (χ4n) is 1.79. The Morgan fingerprint density at radius 3 is 2.14 bits per heavy atom. The number of carbonyl (C=O) groups is 2. The van der Waals surface area contributed by atoms with Gasteiger partial charge in [-0.2, -0.15) is 0 Å². The van der Waals surface area contributed by atoms with Crippen LogP contribution in [0.5, 0.6) is 0 Å². The van der Waals surface area contributed by atoms with E-state index in [1.165, 1.54) is 36.1 Å². The summed E-state index contributed by atoms with van der Waals surface area (Å²) in [5.74, 6) is -1.94. The Labute approximate surface area is 124 Å². The van der Waals surface area contributed by atoms with Crippen LogP contribution in [0.25, 0.3) is 0 Å². The smallest absolute Gasteiger partial charge is 0.308 e. The number of carboxylic acids is 1. The third-order valence-corrected chi connectivity index (χ3v) is 4.24. The first-order chi connectivity index (χ1) is 9.66. The highest BCUT2D eigenvalue weighted by Gasteiger charge is 2.20. The summed E-state index contributed by atoms with van der Waals surface area (Å²) in [6.07, 6.45) is 1.09. The molecule has 0 saturated carbocycles. The minimum Gasteiger partial charge on any atom is -0.481 e. The van der Waals surface area contributed by atoms with E-state index in [4.69, 9.17) is 5.11 Å². The first-order valence-corrected chi connectivity index (χ1v) is 8.38. The van der Waals surface area contributed by atoms with Crippen LogP contribution in [0.3, 0.4) is 0 Å². The van der Waals surface area contributed by atoms with Gasteiger partial charge in [0.2, 0.25) is 0 Å². The van der Waals surface area contributed by atoms with Gasteiger partial charge in [0.25, 0.3) is 5.91 Å². The second-order valence-electron chi connectivity index (χ2n) is 4.88. The Kier molecular flexibility index (Phi) is 5.48. The maximum Gasteiger partial charge on any atom is 0.308 e.